The molecule has 2 rings (SSSR count). The zero-order chi connectivity index (χ0) is 14.8. The zero-order valence-electron chi connectivity index (χ0n) is 12.2. The Kier molecular flexibility index (Phi) is 4.18. The molecule has 1 saturated carbocycles. The van der Waals surface area contributed by atoms with Crippen LogP contribution < -0.4 is 20.5 Å². The third-order valence-electron chi connectivity index (χ3n) is 3.99. The van der Waals surface area contributed by atoms with E-state index in [1.54, 1.807) is 32.4 Å². The monoisotopic (exact) mass is 278 g/mol. The minimum Gasteiger partial charge on any atom is -0.493 e. The molecule has 0 aromatic heterocycles. The van der Waals surface area contributed by atoms with Crippen molar-refractivity contribution < 1.29 is 14.3 Å². The van der Waals surface area contributed by atoms with E-state index in [-0.39, 0.29) is 5.91 Å². The van der Waals surface area contributed by atoms with E-state index in [4.69, 9.17) is 15.2 Å². The summed E-state index contributed by atoms with van der Waals surface area (Å²) in [6.45, 7) is 2.52. The van der Waals surface area contributed by atoms with Gasteiger partial charge in [0.1, 0.15) is 0 Å². The van der Waals surface area contributed by atoms with E-state index < -0.39 is 5.41 Å². The van der Waals surface area contributed by atoms with Crippen molar-refractivity contribution >= 4 is 11.6 Å². The summed E-state index contributed by atoms with van der Waals surface area (Å²) in [4.78, 5) is 12.4. The standard InChI is InChI=1S/C15H22N2O3/c1-10-7-15(8-10,9-16)14(18)17-11-4-5-12(19-2)13(6-11)20-3/h4-6,10H,7-9,16H2,1-3H3,(H,17,18). The van der Waals surface area contributed by atoms with Gasteiger partial charge in [-0.05, 0) is 30.9 Å². The predicted octanol–water partition coefficient (Wildman–Crippen LogP) is 2.02. The number of rotatable bonds is 5. The summed E-state index contributed by atoms with van der Waals surface area (Å²) in [6, 6.07) is 5.32. The SMILES string of the molecule is COc1ccc(NC(=O)C2(CN)CC(C)C2)cc1OC. The third-order valence-corrected chi connectivity index (χ3v) is 3.99. The van der Waals surface area contributed by atoms with Crippen LogP contribution in [0.3, 0.4) is 0 Å². The van der Waals surface area contributed by atoms with E-state index >= 15 is 0 Å². The van der Waals surface area contributed by atoms with Crippen molar-refractivity contribution in [2.45, 2.75) is 19.8 Å². The summed E-state index contributed by atoms with van der Waals surface area (Å²) in [5, 5.41) is 2.93. The minimum atomic E-state index is -0.410. The van der Waals surface area contributed by atoms with Crippen LogP contribution in [0.15, 0.2) is 18.2 Å². The number of hydrogen-bond donors (Lipinski definition) is 2. The number of nitrogens with two attached hydrogens (primary N) is 1. The lowest BCUT2D eigenvalue weighted by molar-refractivity contribution is -0.132. The van der Waals surface area contributed by atoms with Gasteiger partial charge >= 0.3 is 0 Å². The molecular weight excluding hydrogens is 256 g/mol. The highest BCUT2D eigenvalue weighted by Gasteiger charge is 2.47. The van der Waals surface area contributed by atoms with Crippen molar-refractivity contribution in [1.29, 1.82) is 0 Å². The van der Waals surface area contributed by atoms with Crippen molar-refractivity contribution in [3.05, 3.63) is 18.2 Å². The molecule has 1 aromatic carbocycles. The van der Waals surface area contributed by atoms with E-state index in [9.17, 15) is 4.79 Å². The van der Waals surface area contributed by atoms with E-state index in [0.717, 1.165) is 12.8 Å². The molecular formula is C15H22N2O3. The Morgan fingerprint density at radius 3 is 2.50 bits per heavy atom. The van der Waals surface area contributed by atoms with Crippen molar-refractivity contribution in [3.8, 4) is 11.5 Å². The fourth-order valence-corrected chi connectivity index (χ4v) is 2.90. The van der Waals surface area contributed by atoms with E-state index in [2.05, 4.69) is 12.2 Å². The lowest BCUT2D eigenvalue weighted by Gasteiger charge is -2.44. The zero-order valence-corrected chi connectivity index (χ0v) is 12.2. The molecule has 20 heavy (non-hydrogen) atoms. The molecule has 0 atom stereocenters. The van der Waals surface area contributed by atoms with Gasteiger partial charge in [-0.3, -0.25) is 4.79 Å². The molecule has 0 bridgehead atoms. The maximum Gasteiger partial charge on any atom is 0.231 e. The average Bonchev–Trinajstić information content (AvgIpc) is 2.43. The summed E-state index contributed by atoms with van der Waals surface area (Å²) >= 11 is 0. The fraction of sp³-hybridized carbons (Fsp3) is 0.533. The highest BCUT2D eigenvalue weighted by Crippen LogP contribution is 2.45. The van der Waals surface area contributed by atoms with Crippen molar-refractivity contribution in [2.75, 3.05) is 26.1 Å². The van der Waals surface area contributed by atoms with Gasteiger partial charge in [-0.25, -0.2) is 0 Å². The van der Waals surface area contributed by atoms with E-state index in [0.29, 0.717) is 29.6 Å². The summed E-state index contributed by atoms with van der Waals surface area (Å²) < 4.78 is 10.4. The number of methoxy groups -OCH3 is 2. The Morgan fingerprint density at radius 1 is 1.35 bits per heavy atom. The minimum absolute atomic E-state index is 0.00896. The number of hydrogen-bond acceptors (Lipinski definition) is 4. The second kappa shape index (κ2) is 5.71. The van der Waals surface area contributed by atoms with Crippen LogP contribution in [0.5, 0.6) is 11.5 Å². The predicted molar refractivity (Wildman–Crippen MR) is 78.1 cm³/mol. The van der Waals surface area contributed by atoms with Crippen molar-refractivity contribution in [1.82, 2.24) is 0 Å². The van der Waals surface area contributed by atoms with Crippen LogP contribution in [-0.4, -0.2) is 26.7 Å². The number of ether oxygens (including phenoxy) is 2. The molecule has 110 valence electrons. The maximum atomic E-state index is 12.4. The van der Waals surface area contributed by atoms with Crippen LogP contribution in [-0.2, 0) is 4.79 Å². The van der Waals surface area contributed by atoms with Gasteiger partial charge < -0.3 is 20.5 Å². The van der Waals surface area contributed by atoms with Crippen LogP contribution >= 0.6 is 0 Å². The average molecular weight is 278 g/mol. The van der Waals surface area contributed by atoms with Gasteiger partial charge in [0.15, 0.2) is 11.5 Å². The van der Waals surface area contributed by atoms with Crippen LogP contribution in [0.25, 0.3) is 0 Å². The normalized spacial score (nSPS) is 24.7. The number of benzene rings is 1. The lowest BCUT2D eigenvalue weighted by Crippen LogP contribution is -2.51. The topological polar surface area (TPSA) is 73.6 Å². The summed E-state index contributed by atoms with van der Waals surface area (Å²) in [5.74, 6) is 1.78. The van der Waals surface area contributed by atoms with Gasteiger partial charge in [0.05, 0.1) is 19.6 Å². The molecule has 1 fully saturated rings. The summed E-state index contributed by atoms with van der Waals surface area (Å²) in [7, 11) is 3.15. The Labute approximate surface area is 119 Å². The first kappa shape index (κ1) is 14.7. The molecule has 1 aromatic rings. The molecule has 1 amide bonds. The fourth-order valence-electron chi connectivity index (χ4n) is 2.90. The molecule has 0 aliphatic heterocycles. The van der Waals surface area contributed by atoms with Gasteiger partial charge in [-0.15, -0.1) is 0 Å². The first-order chi connectivity index (χ1) is 9.54. The Hall–Kier alpha value is -1.75. The molecule has 5 nitrogen and oxygen atoms in total. The largest absolute Gasteiger partial charge is 0.493 e. The van der Waals surface area contributed by atoms with E-state index in [1.807, 2.05) is 0 Å². The maximum absolute atomic E-state index is 12.4. The summed E-state index contributed by atoms with van der Waals surface area (Å²) in [5.41, 5.74) is 6.07. The molecule has 0 unspecified atom stereocenters. The number of amides is 1. The highest BCUT2D eigenvalue weighted by atomic mass is 16.5. The molecule has 0 heterocycles. The van der Waals surface area contributed by atoms with Crippen LogP contribution in [0.1, 0.15) is 19.8 Å². The van der Waals surface area contributed by atoms with Gasteiger partial charge in [-0.1, -0.05) is 6.92 Å². The quantitative estimate of drug-likeness (QED) is 0.864. The first-order valence-corrected chi connectivity index (χ1v) is 6.78. The van der Waals surface area contributed by atoms with Crippen LogP contribution in [0.2, 0.25) is 0 Å². The molecule has 0 saturated heterocycles. The highest BCUT2D eigenvalue weighted by molar-refractivity contribution is 5.96. The number of anilines is 1. The van der Waals surface area contributed by atoms with Gasteiger partial charge in [0, 0.05) is 18.3 Å². The Bertz CT molecular complexity index is 496. The first-order valence-electron chi connectivity index (χ1n) is 6.78. The summed E-state index contributed by atoms with van der Waals surface area (Å²) in [6.07, 6.45) is 1.70. The lowest BCUT2D eigenvalue weighted by atomic mass is 9.62. The number of carbonyl (C=O) groups excluding carboxylic acids is 1. The smallest absolute Gasteiger partial charge is 0.231 e. The molecule has 1 aliphatic rings. The number of carbonyl (C=O) groups is 1. The molecule has 0 spiro atoms. The van der Waals surface area contributed by atoms with Crippen LogP contribution in [0, 0.1) is 11.3 Å². The van der Waals surface area contributed by atoms with Crippen molar-refractivity contribution in [3.63, 3.8) is 0 Å². The second-order valence-corrected chi connectivity index (χ2v) is 5.52. The third kappa shape index (κ3) is 2.58. The molecule has 1 aliphatic carbocycles. The van der Waals surface area contributed by atoms with E-state index in [1.165, 1.54) is 0 Å². The van der Waals surface area contributed by atoms with Gasteiger partial charge in [0.25, 0.3) is 0 Å². The molecule has 3 N–H and O–H groups in total. The van der Waals surface area contributed by atoms with Gasteiger partial charge in [-0.2, -0.15) is 0 Å². The van der Waals surface area contributed by atoms with Crippen molar-refractivity contribution in [2.24, 2.45) is 17.1 Å². The van der Waals surface area contributed by atoms with Crippen LogP contribution in [0.4, 0.5) is 5.69 Å². The second-order valence-electron chi connectivity index (χ2n) is 5.52. The molecule has 0 radical (unpaired) electrons. The van der Waals surface area contributed by atoms with Gasteiger partial charge in [0.2, 0.25) is 5.91 Å². The Balaban J connectivity index is 2.12. The number of nitrogens with one attached hydrogen (secondary N) is 1. The Morgan fingerprint density at radius 2 is 2.00 bits per heavy atom. The molecule has 5 heteroatoms.